The molecule has 2 nitrogen and oxygen atoms in total. The Labute approximate surface area is 75.9 Å². The van der Waals surface area contributed by atoms with Crippen molar-refractivity contribution in [1.29, 1.82) is 0 Å². The standard InChI is InChI=1S/C9H17NOSi/c1-10-8-6-5-7-9(8)11-12(2,3)4/h8-9H,5-7H2,2-4H3/t8-,9-/m0/s1. The van der Waals surface area contributed by atoms with Crippen LogP contribution in [0.2, 0.25) is 19.6 Å². The Balaban J connectivity index is 2.48. The first-order valence-corrected chi connectivity index (χ1v) is 7.98. The normalized spacial score (nSPS) is 30.2. The predicted octanol–water partition coefficient (Wildman–Crippen LogP) is 2.68. The van der Waals surface area contributed by atoms with Gasteiger partial charge in [0, 0.05) is 6.42 Å². The summed E-state index contributed by atoms with van der Waals surface area (Å²) in [6.45, 7) is 13.6. The first kappa shape index (κ1) is 9.75. The van der Waals surface area contributed by atoms with E-state index in [1.165, 1.54) is 6.42 Å². The van der Waals surface area contributed by atoms with Gasteiger partial charge >= 0.3 is 0 Å². The largest absolute Gasteiger partial charge is 0.407 e. The van der Waals surface area contributed by atoms with Crippen molar-refractivity contribution in [2.75, 3.05) is 0 Å². The Morgan fingerprint density at radius 1 is 1.33 bits per heavy atom. The second kappa shape index (κ2) is 3.59. The van der Waals surface area contributed by atoms with Crippen LogP contribution < -0.4 is 0 Å². The van der Waals surface area contributed by atoms with Gasteiger partial charge in [0.1, 0.15) is 6.10 Å². The van der Waals surface area contributed by atoms with E-state index in [9.17, 15) is 0 Å². The van der Waals surface area contributed by atoms with Crippen molar-refractivity contribution in [3.8, 4) is 0 Å². The molecule has 12 heavy (non-hydrogen) atoms. The van der Waals surface area contributed by atoms with E-state index >= 15 is 0 Å². The van der Waals surface area contributed by atoms with Gasteiger partial charge in [-0.25, -0.2) is 6.57 Å². The van der Waals surface area contributed by atoms with Crippen LogP contribution in [0.3, 0.4) is 0 Å². The summed E-state index contributed by atoms with van der Waals surface area (Å²) >= 11 is 0. The van der Waals surface area contributed by atoms with E-state index in [1.807, 2.05) is 0 Å². The molecule has 1 saturated carbocycles. The van der Waals surface area contributed by atoms with Crippen molar-refractivity contribution < 1.29 is 4.43 Å². The van der Waals surface area contributed by atoms with Crippen molar-refractivity contribution in [2.45, 2.75) is 51.0 Å². The summed E-state index contributed by atoms with van der Waals surface area (Å²) < 4.78 is 5.93. The maximum Gasteiger partial charge on any atom is 0.248 e. The molecular formula is C9H17NOSi. The monoisotopic (exact) mass is 183 g/mol. The summed E-state index contributed by atoms with van der Waals surface area (Å²) in [6.07, 6.45) is 3.55. The van der Waals surface area contributed by atoms with Crippen LogP contribution in [0, 0.1) is 6.57 Å². The van der Waals surface area contributed by atoms with Crippen LogP contribution in [0.1, 0.15) is 19.3 Å². The third-order valence-electron chi connectivity index (χ3n) is 2.09. The first-order chi connectivity index (χ1) is 5.53. The summed E-state index contributed by atoms with van der Waals surface area (Å²) in [5.74, 6) is 0. The van der Waals surface area contributed by atoms with Crippen LogP contribution in [0.5, 0.6) is 0 Å². The highest BCUT2D eigenvalue weighted by Gasteiger charge is 2.35. The van der Waals surface area contributed by atoms with Gasteiger partial charge in [0.15, 0.2) is 8.32 Å². The number of rotatable bonds is 2. The summed E-state index contributed by atoms with van der Waals surface area (Å²) in [4.78, 5) is 3.60. The van der Waals surface area contributed by atoms with Gasteiger partial charge in [0.05, 0.1) is 0 Å². The lowest BCUT2D eigenvalue weighted by Crippen LogP contribution is -2.34. The molecule has 0 bridgehead atoms. The summed E-state index contributed by atoms with van der Waals surface area (Å²) in [6, 6.07) is 0.150. The molecule has 0 aromatic carbocycles. The van der Waals surface area contributed by atoms with Gasteiger partial charge in [0.25, 0.3) is 0 Å². The Hall–Kier alpha value is -0.333. The molecule has 0 aliphatic heterocycles. The molecule has 0 amide bonds. The van der Waals surface area contributed by atoms with Crippen LogP contribution in [0.25, 0.3) is 4.85 Å². The van der Waals surface area contributed by atoms with Gasteiger partial charge in [-0.2, -0.15) is 0 Å². The molecule has 0 saturated heterocycles. The molecule has 0 N–H and O–H groups in total. The van der Waals surface area contributed by atoms with Crippen LogP contribution in [0.15, 0.2) is 0 Å². The molecule has 1 rings (SSSR count). The molecule has 1 aliphatic carbocycles. The smallest absolute Gasteiger partial charge is 0.248 e. The van der Waals surface area contributed by atoms with E-state index in [1.54, 1.807) is 0 Å². The zero-order valence-electron chi connectivity index (χ0n) is 8.13. The van der Waals surface area contributed by atoms with Gasteiger partial charge < -0.3 is 9.27 Å². The lowest BCUT2D eigenvalue weighted by atomic mass is 10.2. The van der Waals surface area contributed by atoms with Crippen molar-refractivity contribution in [3.63, 3.8) is 0 Å². The molecule has 3 heteroatoms. The SMILES string of the molecule is [C-]#[N+][C@H]1CCC[C@@H]1O[Si](C)(C)C. The molecule has 1 fully saturated rings. The zero-order valence-corrected chi connectivity index (χ0v) is 9.13. The minimum atomic E-state index is -1.42. The molecule has 68 valence electrons. The summed E-state index contributed by atoms with van der Waals surface area (Å²) in [5.41, 5.74) is 0. The molecule has 0 aromatic rings. The topological polar surface area (TPSA) is 13.6 Å². The van der Waals surface area contributed by atoms with Crippen molar-refractivity contribution >= 4 is 8.32 Å². The minimum Gasteiger partial charge on any atom is -0.407 e. The Morgan fingerprint density at radius 2 is 2.00 bits per heavy atom. The highest BCUT2D eigenvalue weighted by molar-refractivity contribution is 6.69. The number of hydrogen-bond acceptors (Lipinski definition) is 1. The van der Waals surface area contributed by atoms with Gasteiger partial charge in [-0.1, -0.05) is 0 Å². The lowest BCUT2D eigenvalue weighted by Gasteiger charge is -2.22. The molecule has 0 radical (unpaired) electrons. The highest BCUT2D eigenvalue weighted by atomic mass is 28.4. The number of nitrogens with zero attached hydrogens (tertiary/aromatic N) is 1. The van der Waals surface area contributed by atoms with E-state index in [0.29, 0.717) is 0 Å². The molecule has 0 spiro atoms. The molecule has 2 atom stereocenters. The molecule has 0 heterocycles. The maximum atomic E-state index is 7.00. The van der Waals surface area contributed by atoms with Gasteiger partial charge in [0.2, 0.25) is 6.04 Å². The molecule has 1 aliphatic rings. The lowest BCUT2D eigenvalue weighted by molar-refractivity contribution is 0.196. The van der Waals surface area contributed by atoms with Crippen LogP contribution in [-0.4, -0.2) is 20.5 Å². The van der Waals surface area contributed by atoms with E-state index < -0.39 is 8.32 Å². The highest BCUT2D eigenvalue weighted by Crippen LogP contribution is 2.27. The quantitative estimate of drug-likeness (QED) is 0.474. The molecule has 0 unspecified atom stereocenters. The Bertz CT molecular complexity index is 192. The van der Waals surface area contributed by atoms with Crippen LogP contribution in [0.4, 0.5) is 0 Å². The third-order valence-corrected chi connectivity index (χ3v) is 3.10. The minimum absolute atomic E-state index is 0.150. The second-order valence-corrected chi connectivity index (χ2v) is 8.86. The fourth-order valence-corrected chi connectivity index (χ4v) is 2.83. The van der Waals surface area contributed by atoms with Crippen LogP contribution >= 0.6 is 0 Å². The molecule has 0 aromatic heterocycles. The van der Waals surface area contributed by atoms with E-state index in [4.69, 9.17) is 11.0 Å². The van der Waals surface area contributed by atoms with Crippen LogP contribution in [-0.2, 0) is 4.43 Å². The molecular weight excluding hydrogens is 166 g/mol. The van der Waals surface area contributed by atoms with E-state index in [0.717, 1.165) is 12.8 Å². The maximum absolute atomic E-state index is 7.00. The summed E-state index contributed by atoms with van der Waals surface area (Å²) in [7, 11) is -1.42. The van der Waals surface area contributed by atoms with Crippen molar-refractivity contribution in [3.05, 3.63) is 11.4 Å². The van der Waals surface area contributed by atoms with E-state index in [2.05, 4.69) is 24.5 Å². The predicted molar refractivity (Wildman–Crippen MR) is 52.5 cm³/mol. The van der Waals surface area contributed by atoms with E-state index in [-0.39, 0.29) is 12.1 Å². The first-order valence-electron chi connectivity index (χ1n) is 4.57. The van der Waals surface area contributed by atoms with Gasteiger partial charge in [-0.3, -0.25) is 0 Å². The average molecular weight is 183 g/mol. The third kappa shape index (κ3) is 2.61. The van der Waals surface area contributed by atoms with Gasteiger partial charge in [-0.15, -0.1) is 0 Å². The van der Waals surface area contributed by atoms with Crippen molar-refractivity contribution in [1.82, 2.24) is 0 Å². The average Bonchev–Trinajstić information content (AvgIpc) is 2.31. The van der Waals surface area contributed by atoms with Gasteiger partial charge in [-0.05, 0) is 32.5 Å². The Morgan fingerprint density at radius 3 is 2.50 bits per heavy atom. The zero-order chi connectivity index (χ0) is 9.19. The fourth-order valence-electron chi connectivity index (χ4n) is 1.65. The van der Waals surface area contributed by atoms with Crippen molar-refractivity contribution in [2.24, 2.45) is 0 Å². The summed E-state index contributed by atoms with van der Waals surface area (Å²) in [5, 5.41) is 0. The number of hydrogen-bond donors (Lipinski definition) is 0. The fraction of sp³-hybridized carbons (Fsp3) is 0.889. The Kier molecular flexibility index (Phi) is 2.92. The second-order valence-electron chi connectivity index (χ2n) is 4.40.